The van der Waals surface area contributed by atoms with Crippen LogP contribution in [0.15, 0.2) is 29.0 Å². The Morgan fingerprint density at radius 3 is 2.62 bits per heavy atom. The predicted molar refractivity (Wildman–Crippen MR) is 86.5 cm³/mol. The fraction of sp³-hybridized carbons (Fsp3) is 0.412. The molecule has 0 unspecified atom stereocenters. The Balaban J connectivity index is 1.72. The largest absolute Gasteiger partial charge is 0.477 e. The first kappa shape index (κ1) is 16.2. The second-order valence-electron chi connectivity index (χ2n) is 6.01. The lowest BCUT2D eigenvalue weighted by Gasteiger charge is -2.08. The third-order valence-electron chi connectivity index (χ3n) is 4.37. The molecule has 1 amide bonds. The van der Waals surface area contributed by atoms with Crippen LogP contribution < -0.4 is 5.32 Å². The maximum Gasteiger partial charge on any atom is 0.343 e. The van der Waals surface area contributed by atoms with E-state index in [1.165, 1.54) is 38.1 Å². The highest BCUT2D eigenvalue weighted by atomic mass is 16.5. The molecular formula is C17H19N3O4. The molecular weight excluding hydrogens is 310 g/mol. The normalized spacial score (nSPS) is 14.7. The summed E-state index contributed by atoms with van der Waals surface area (Å²) in [4.78, 5) is 27.5. The van der Waals surface area contributed by atoms with Crippen molar-refractivity contribution < 1.29 is 19.2 Å². The molecule has 2 aromatic heterocycles. The molecule has 7 nitrogen and oxygen atoms in total. The SMILES string of the molecule is O=C(CCC1CCCC1)Nc1onc(-c2ccncc2)c1C(=O)O. The first-order chi connectivity index (χ1) is 11.6. The van der Waals surface area contributed by atoms with Crippen LogP contribution in [0.3, 0.4) is 0 Å². The van der Waals surface area contributed by atoms with E-state index in [9.17, 15) is 14.7 Å². The van der Waals surface area contributed by atoms with Gasteiger partial charge in [-0.05, 0) is 24.5 Å². The van der Waals surface area contributed by atoms with Gasteiger partial charge < -0.3 is 9.63 Å². The Morgan fingerprint density at radius 2 is 1.96 bits per heavy atom. The van der Waals surface area contributed by atoms with E-state index in [0.717, 1.165) is 6.42 Å². The van der Waals surface area contributed by atoms with E-state index < -0.39 is 5.97 Å². The standard InChI is InChI=1S/C17H19N3O4/c21-13(6-5-11-3-1-2-4-11)19-16-14(17(22)23)15(20-24-16)12-7-9-18-10-8-12/h7-11H,1-6H2,(H,19,21)(H,22,23). The number of carboxylic acid groups (broad SMARTS) is 1. The number of hydrogen-bond donors (Lipinski definition) is 2. The number of rotatable bonds is 6. The van der Waals surface area contributed by atoms with Gasteiger partial charge in [-0.2, -0.15) is 0 Å². The highest BCUT2D eigenvalue weighted by molar-refractivity contribution is 6.03. The van der Waals surface area contributed by atoms with Crippen LogP contribution in [0.5, 0.6) is 0 Å². The minimum Gasteiger partial charge on any atom is -0.477 e. The van der Waals surface area contributed by atoms with Crippen LogP contribution in [0.1, 0.15) is 48.9 Å². The Hall–Kier alpha value is -2.70. The van der Waals surface area contributed by atoms with E-state index in [1.807, 2.05) is 0 Å². The molecule has 126 valence electrons. The van der Waals surface area contributed by atoms with Crippen molar-refractivity contribution >= 4 is 17.8 Å². The number of carboxylic acids is 1. The molecule has 0 bridgehead atoms. The summed E-state index contributed by atoms with van der Waals surface area (Å²) < 4.78 is 5.07. The predicted octanol–water partition coefficient (Wildman–Crippen LogP) is 3.34. The number of anilines is 1. The topological polar surface area (TPSA) is 105 Å². The zero-order valence-electron chi connectivity index (χ0n) is 13.2. The highest BCUT2D eigenvalue weighted by Gasteiger charge is 2.25. The first-order valence-electron chi connectivity index (χ1n) is 8.08. The van der Waals surface area contributed by atoms with Gasteiger partial charge in [0.15, 0.2) is 5.56 Å². The first-order valence-corrected chi connectivity index (χ1v) is 8.08. The molecule has 0 spiro atoms. The summed E-state index contributed by atoms with van der Waals surface area (Å²) in [5.74, 6) is -0.974. The number of amides is 1. The van der Waals surface area contributed by atoms with Crippen molar-refractivity contribution in [1.82, 2.24) is 10.1 Å². The smallest absolute Gasteiger partial charge is 0.343 e. The zero-order valence-corrected chi connectivity index (χ0v) is 13.2. The van der Waals surface area contributed by atoms with Crippen LogP contribution in [0.25, 0.3) is 11.3 Å². The molecule has 1 aliphatic carbocycles. The molecule has 3 rings (SSSR count). The third-order valence-corrected chi connectivity index (χ3v) is 4.37. The summed E-state index contributed by atoms with van der Waals surface area (Å²) in [6, 6.07) is 3.27. The summed E-state index contributed by atoms with van der Waals surface area (Å²) in [6.45, 7) is 0. The van der Waals surface area contributed by atoms with Crippen LogP contribution in [0.4, 0.5) is 5.88 Å². The molecule has 0 atom stereocenters. The van der Waals surface area contributed by atoms with Crippen molar-refractivity contribution in [2.45, 2.75) is 38.5 Å². The van der Waals surface area contributed by atoms with Gasteiger partial charge in [-0.15, -0.1) is 0 Å². The lowest BCUT2D eigenvalue weighted by molar-refractivity contribution is -0.116. The Morgan fingerprint density at radius 1 is 1.25 bits per heavy atom. The average Bonchev–Trinajstić information content (AvgIpc) is 3.23. The van der Waals surface area contributed by atoms with Gasteiger partial charge in [-0.1, -0.05) is 30.8 Å². The van der Waals surface area contributed by atoms with Gasteiger partial charge >= 0.3 is 5.97 Å². The molecule has 2 N–H and O–H groups in total. The van der Waals surface area contributed by atoms with E-state index in [0.29, 0.717) is 17.9 Å². The van der Waals surface area contributed by atoms with Crippen molar-refractivity contribution in [3.63, 3.8) is 0 Å². The molecule has 1 saturated carbocycles. The molecule has 2 aromatic rings. The quantitative estimate of drug-likeness (QED) is 0.842. The van der Waals surface area contributed by atoms with Crippen LogP contribution >= 0.6 is 0 Å². The zero-order chi connectivity index (χ0) is 16.9. The summed E-state index contributed by atoms with van der Waals surface area (Å²) >= 11 is 0. The molecule has 24 heavy (non-hydrogen) atoms. The lowest BCUT2D eigenvalue weighted by Crippen LogP contribution is -2.14. The monoisotopic (exact) mass is 329 g/mol. The van der Waals surface area contributed by atoms with E-state index in [2.05, 4.69) is 15.5 Å². The molecule has 0 aromatic carbocycles. The summed E-state index contributed by atoms with van der Waals surface area (Å²) in [7, 11) is 0. The van der Waals surface area contributed by atoms with Crippen molar-refractivity contribution in [3.8, 4) is 11.3 Å². The van der Waals surface area contributed by atoms with Gasteiger partial charge in [0.1, 0.15) is 5.69 Å². The van der Waals surface area contributed by atoms with Crippen LogP contribution in [0, 0.1) is 5.92 Å². The number of nitrogens with one attached hydrogen (secondary N) is 1. The van der Waals surface area contributed by atoms with Crippen LogP contribution in [-0.4, -0.2) is 27.1 Å². The van der Waals surface area contributed by atoms with Gasteiger partial charge in [0.25, 0.3) is 0 Å². The van der Waals surface area contributed by atoms with E-state index in [-0.39, 0.29) is 23.0 Å². The van der Waals surface area contributed by atoms with Gasteiger partial charge in [0.05, 0.1) is 0 Å². The second-order valence-corrected chi connectivity index (χ2v) is 6.01. The Kier molecular flexibility index (Phi) is 4.88. The van der Waals surface area contributed by atoms with E-state index in [1.54, 1.807) is 12.1 Å². The number of carbonyl (C=O) groups is 2. The average molecular weight is 329 g/mol. The number of pyridine rings is 1. The molecule has 1 aliphatic rings. The van der Waals surface area contributed by atoms with Crippen molar-refractivity contribution in [1.29, 1.82) is 0 Å². The molecule has 1 fully saturated rings. The molecule has 0 saturated heterocycles. The van der Waals surface area contributed by atoms with Gasteiger partial charge in [0.2, 0.25) is 11.8 Å². The second kappa shape index (κ2) is 7.25. The number of aromatic nitrogens is 2. The minimum atomic E-state index is -1.20. The van der Waals surface area contributed by atoms with Gasteiger partial charge in [0, 0.05) is 24.4 Å². The summed E-state index contributed by atoms with van der Waals surface area (Å²) in [5.41, 5.74) is 0.601. The number of carbonyl (C=O) groups excluding carboxylic acids is 1. The fourth-order valence-electron chi connectivity index (χ4n) is 3.10. The third kappa shape index (κ3) is 3.61. The minimum absolute atomic E-state index is 0.120. The number of hydrogen-bond acceptors (Lipinski definition) is 5. The molecule has 7 heteroatoms. The lowest BCUT2D eigenvalue weighted by atomic mass is 10.0. The highest BCUT2D eigenvalue weighted by Crippen LogP contribution is 2.30. The maximum absolute atomic E-state index is 12.1. The molecule has 0 aliphatic heterocycles. The fourth-order valence-corrected chi connectivity index (χ4v) is 3.10. The maximum atomic E-state index is 12.1. The number of aromatic carboxylic acids is 1. The van der Waals surface area contributed by atoms with Crippen LogP contribution in [0.2, 0.25) is 0 Å². The molecule has 2 heterocycles. The van der Waals surface area contributed by atoms with Gasteiger partial charge in [-0.3, -0.25) is 15.1 Å². The Labute approximate surface area is 139 Å². The number of nitrogens with zero attached hydrogens (tertiary/aromatic N) is 2. The van der Waals surface area contributed by atoms with Crippen molar-refractivity contribution in [2.75, 3.05) is 5.32 Å². The van der Waals surface area contributed by atoms with Crippen LogP contribution in [-0.2, 0) is 4.79 Å². The van der Waals surface area contributed by atoms with Gasteiger partial charge in [-0.25, -0.2) is 4.79 Å². The summed E-state index contributed by atoms with van der Waals surface area (Å²) in [6.07, 6.45) is 9.05. The Bertz CT molecular complexity index is 721. The summed E-state index contributed by atoms with van der Waals surface area (Å²) in [5, 5.41) is 15.8. The van der Waals surface area contributed by atoms with Crippen molar-refractivity contribution in [3.05, 3.63) is 30.1 Å². The van der Waals surface area contributed by atoms with Crippen molar-refractivity contribution in [2.24, 2.45) is 5.92 Å². The van der Waals surface area contributed by atoms with E-state index >= 15 is 0 Å². The van der Waals surface area contributed by atoms with E-state index in [4.69, 9.17) is 4.52 Å². The molecule has 0 radical (unpaired) electrons.